The Hall–Kier alpha value is -1.61. The SMILES string of the molecule is COC(=O)/C(=C\c1ccccc1)C(O)C1CCCCC1. The summed E-state index contributed by atoms with van der Waals surface area (Å²) in [6.45, 7) is 0. The Balaban J connectivity index is 2.23. The fourth-order valence-corrected chi connectivity index (χ4v) is 2.82. The number of hydrogen-bond donors (Lipinski definition) is 1. The third-order valence-electron chi connectivity index (χ3n) is 3.96. The normalized spacial score (nSPS) is 18.6. The number of aliphatic hydroxyl groups excluding tert-OH is 1. The first-order valence-electron chi connectivity index (χ1n) is 7.25. The van der Waals surface area contributed by atoms with Crippen LogP contribution in [-0.4, -0.2) is 24.3 Å². The van der Waals surface area contributed by atoms with Crippen molar-refractivity contribution in [1.82, 2.24) is 0 Å². The Morgan fingerprint density at radius 1 is 1.25 bits per heavy atom. The summed E-state index contributed by atoms with van der Waals surface area (Å²) in [5.74, 6) is -0.273. The predicted molar refractivity (Wildman–Crippen MR) is 79.0 cm³/mol. The van der Waals surface area contributed by atoms with Gasteiger partial charge in [-0.25, -0.2) is 4.79 Å². The van der Waals surface area contributed by atoms with E-state index in [-0.39, 0.29) is 5.92 Å². The van der Waals surface area contributed by atoms with Gasteiger partial charge >= 0.3 is 5.97 Å². The van der Waals surface area contributed by atoms with E-state index in [1.165, 1.54) is 13.5 Å². The first-order valence-corrected chi connectivity index (χ1v) is 7.25. The van der Waals surface area contributed by atoms with E-state index in [1.807, 2.05) is 30.3 Å². The van der Waals surface area contributed by atoms with Crippen molar-refractivity contribution in [2.75, 3.05) is 7.11 Å². The zero-order valence-corrected chi connectivity index (χ0v) is 11.9. The molecule has 0 spiro atoms. The highest BCUT2D eigenvalue weighted by Crippen LogP contribution is 2.30. The molecule has 1 saturated carbocycles. The molecular weight excluding hydrogens is 252 g/mol. The van der Waals surface area contributed by atoms with Crippen molar-refractivity contribution in [2.45, 2.75) is 38.2 Å². The van der Waals surface area contributed by atoms with E-state index in [2.05, 4.69) is 0 Å². The number of ether oxygens (including phenoxy) is 1. The van der Waals surface area contributed by atoms with E-state index in [0.29, 0.717) is 5.57 Å². The molecule has 1 unspecified atom stereocenters. The molecule has 1 aliphatic rings. The molecule has 20 heavy (non-hydrogen) atoms. The summed E-state index contributed by atoms with van der Waals surface area (Å²) >= 11 is 0. The molecule has 1 aliphatic carbocycles. The molecular formula is C17H22O3. The van der Waals surface area contributed by atoms with Crippen molar-refractivity contribution in [3.8, 4) is 0 Å². The van der Waals surface area contributed by atoms with Crippen LogP contribution in [0.25, 0.3) is 6.08 Å². The molecule has 2 rings (SSSR count). The highest BCUT2D eigenvalue weighted by molar-refractivity contribution is 5.94. The third kappa shape index (κ3) is 3.70. The number of aliphatic hydroxyl groups is 1. The van der Waals surface area contributed by atoms with Crippen LogP contribution in [0.4, 0.5) is 0 Å². The lowest BCUT2D eigenvalue weighted by atomic mass is 9.82. The van der Waals surface area contributed by atoms with Gasteiger partial charge in [0.15, 0.2) is 0 Å². The minimum atomic E-state index is -0.733. The molecule has 0 aliphatic heterocycles. The van der Waals surface area contributed by atoms with E-state index in [1.54, 1.807) is 6.08 Å². The van der Waals surface area contributed by atoms with Crippen LogP contribution in [-0.2, 0) is 9.53 Å². The number of methoxy groups -OCH3 is 1. The molecule has 0 bridgehead atoms. The highest BCUT2D eigenvalue weighted by atomic mass is 16.5. The molecule has 108 valence electrons. The zero-order chi connectivity index (χ0) is 14.4. The van der Waals surface area contributed by atoms with Crippen LogP contribution >= 0.6 is 0 Å². The summed E-state index contributed by atoms with van der Waals surface area (Å²) in [5, 5.41) is 10.5. The predicted octanol–water partition coefficient (Wildman–Crippen LogP) is 3.18. The van der Waals surface area contributed by atoms with Crippen molar-refractivity contribution in [1.29, 1.82) is 0 Å². The van der Waals surface area contributed by atoms with Crippen LogP contribution in [0.3, 0.4) is 0 Å². The smallest absolute Gasteiger partial charge is 0.336 e. The van der Waals surface area contributed by atoms with Crippen LogP contribution < -0.4 is 0 Å². The van der Waals surface area contributed by atoms with Crippen molar-refractivity contribution in [2.24, 2.45) is 5.92 Å². The van der Waals surface area contributed by atoms with Gasteiger partial charge < -0.3 is 9.84 Å². The van der Waals surface area contributed by atoms with Crippen LogP contribution in [0.2, 0.25) is 0 Å². The lowest BCUT2D eigenvalue weighted by Gasteiger charge is -2.27. The topological polar surface area (TPSA) is 46.5 Å². The van der Waals surface area contributed by atoms with E-state index in [4.69, 9.17) is 4.74 Å². The average molecular weight is 274 g/mol. The largest absolute Gasteiger partial charge is 0.466 e. The Labute approximate surface area is 120 Å². The first-order chi connectivity index (χ1) is 9.72. The second-order valence-electron chi connectivity index (χ2n) is 5.34. The first kappa shape index (κ1) is 14.8. The summed E-state index contributed by atoms with van der Waals surface area (Å²) in [5.41, 5.74) is 1.27. The number of carbonyl (C=O) groups is 1. The molecule has 1 atom stereocenters. The van der Waals surface area contributed by atoms with Gasteiger partial charge in [-0.15, -0.1) is 0 Å². The van der Waals surface area contributed by atoms with Crippen LogP contribution in [0, 0.1) is 5.92 Å². The molecule has 1 fully saturated rings. The van der Waals surface area contributed by atoms with E-state index < -0.39 is 12.1 Å². The average Bonchev–Trinajstić information content (AvgIpc) is 2.53. The summed E-state index contributed by atoms with van der Waals surface area (Å²) in [6, 6.07) is 9.57. The second-order valence-corrected chi connectivity index (χ2v) is 5.34. The van der Waals surface area contributed by atoms with Gasteiger partial charge in [-0.1, -0.05) is 49.6 Å². The standard InChI is InChI=1S/C17H22O3/c1-20-17(19)15(12-13-8-4-2-5-9-13)16(18)14-10-6-3-7-11-14/h2,4-5,8-9,12,14,16,18H,3,6-7,10-11H2,1H3/b15-12-. The maximum absolute atomic E-state index is 11.9. The molecule has 3 nitrogen and oxygen atoms in total. The highest BCUT2D eigenvalue weighted by Gasteiger charge is 2.28. The van der Waals surface area contributed by atoms with E-state index in [0.717, 1.165) is 31.2 Å². The summed E-state index contributed by atoms with van der Waals surface area (Å²) in [7, 11) is 1.36. The molecule has 1 N–H and O–H groups in total. The minimum Gasteiger partial charge on any atom is -0.466 e. The summed E-state index contributed by atoms with van der Waals surface area (Å²) in [4.78, 5) is 11.9. The lowest BCUT2D eigenvalue weighted by Crippen LogP contribution is -2.29. The quantitative estimate of drug-likeness (QED) is 0.677. The van der Waals surface area contributed by atoms with Gasteiger partial charge in [0, 0.05) is 0 Å². The van der Waals surface area contributed by atoms with Gasteiger partial charge in [0.05, 0.1) is 18.8 Å². The van der Waals surface area contributed by atoms with Gasteiger partial charge in [0.25, 0.3) is 0 Å². The summed E-state index contributed by atoms with van der Waals surface area (Å²) < 4.78 is 4.83. The van der Waals surface area contributed by atoms with Gasteiger partial charge in [0.1, 0.15) is 0 Å². The van der Waals surface area contributed by atoms with Gasteiger partial charge in [-0.2, -0.15) is 0 Å². The summed E-state index contributed by atoms with van der Waals surface area (Å²) in [6.07, 6.45) is 6.44. The molecule has 1 aromatic carbocycles. The van der Waals surface area contributed by atoms with Gasteiger partial charge in [0.2, 0.25) is 0 Å². The number of hydrogen-bond acceptors (Lipinski definition) is 3. The molecule has 0 radical (unpaired) electrons. The zero-order valence-electron chi connectivity index (χ0n) is 11.9. The monoisotopic (exact) mass is 274 g/mol. The number of rotatable bonds is 4. The fraction of sp³-hybridized carbons (Fsp3) is 0.471. The number of esters is 1. The Morgan fingerprint density at radius 2 is 1.90 bits per heavy atom. The molecule has 0 saturated heterocycles. The van der Waals surface area contributed by atoms with Crippen LogP contribution in [0.5, 0.6) is 0 Å². The maximum atomic E-state index is 11.9. The molecule has 1 aromatic rings. The number of carbonyl (C=O) groups excluding carboxylic acids is 1. The number of benzene rings is 1. The van der Waals surface area contributed by atoms with Crippen molar-refractivity contribution < 1.29 is 14.6 Å². The minimum absolute atomic E-state index is 0.165. The Kier molecular flexibility index (Phi) is 5.36. The molecule has 0 heterocycles. The molecule has 0 amide bonds. The lowest BCUT2D eigenvalue weighted by molar-refractivity contribution is -0.137. The Bertz CT molecular complexity index is 458. The van der Waals surface area contributed by atoms with Gasteiger partial charge in [-0.05, 0) is 30.4 Å². The molecule has 3 heteroatoms. The molecule has 0 aromatic heterocycles. The van der Waals surface area contributed by atoms with Crippen molar-refractivity contribution in [3.05, 3.63) is 41.5 Å². The second kappa shape index (κ2) is 7.25. The van der Waals surface area contributed by atoms with Crippen LogP contribution in [0.15, 0.2) is 35.9 Å². The van der Waals surface area contributed by atoms with Gasteiger partial charge in [-0.3, -0.25) is 0 Å². The maximum Gasteiger partial charge on any atom is 0.336 e. The van der Waals surface area contributed by atoms with Crippen molar-refractivity contribution >= 4 is 12.0 Å². The van der Waals surface area contributed by atoms with E-state index in [9.17, 15) is 9.90 Å². The van der Waals surface area contributed by atoms with E-state index >= 15 is 0 Å². The third-order valence-corrected chi connectivity index (χ3v) is 3.96. The Morgan fingerprint density at radius 3 is 2.50 bits per heavy atom. The van der Waals surface area contributed by atoms with Crippen LogP contribution in [0.1, 0.15) is 37.7 Å². The fourth-order valence-electron chi connectivity index (χ4n) is 2.82. The van der Waals surface area contributed by atoms with Crippen molar-refractivity contribution in [3.63, 3.8) is 0 Å².